The van der Waals surface area contributed by atoms with E-state index in [0.717, 1.165) is 17.8 Å². The van der Waals surface area contributed by atoms with Crippen LogP contribution in [0.4, 0.5) is 10.1 Å². The summed E-state index contributed by atoms with van der Waals surface area (Å²) in [5.74, 6) is -0.882. The van der Waals surface area contributed by atoms with Crippen molar-refractivity contribution in [1.82, 2.24) is 9.55 Å². The zero-order chi connectivity index (χ0) is 21.3. The third-order valence-corrected chi connectivity index (χ3v) is 6.47. The van der Waals surface area contributed by atoms with Gasteiger partial charge < -0.3 is 5.32 Å². The molecule has 0 spiro atoms. The topological polar surface area (TPSA) is 64.0 Å². The summed E-state index contributed by atoms with van der Waals surface area (Å²) < 4.78 is 15.2. The predicted molar refractivity (Wildman–Crippen MR) is 121 cm³/mol. The van der Waals surface area contributed by atoms with Gasteiger partial charge in [0.2, 0.25) is 5.91 Å². The van der Waals surface area contributed by atoms with Crippen LogP contribution in [-0.4, -0.2) is 21.2 Å². The molecule has 0 radical (unpaired) electrons. The molecule has 0 aliphatic heterocycles. The molecule has 0 saturated heterocycles. The van der Waals surface area contributed by atoms with E-state index in [2.05, 4.69) is 10.3 Å². The van der Waals surface area contributed by atoms with Gasteiger partial charge in [0.15, 0.2) is 5.16 Å². The number of halogens is 3. The van der Waals surface area contributed by atoms with Crippen LogP contribution < -0.4 is 10.9 Å². The van der Waals surface area contributed by atoms with Gasteiger partial charge in [0.1, 0.15) is 10.5 Å². The summed E-state index contributed by atoms with van der Waals surface area (Å²) in [4.78, 5) is 30.0. The largest absolute Gasteiger partial charge is 0.324 e. The monoisotopic (exact) mass is 479 g/mol. The van der Waals surface area contributed by atoms with Crippen LogP contribution in [0.5, 0.6) is 0 Å². The number of rotatable bonds is 5. The Morgan fingerprint density at radius 3 is 2.67 bits per heavy atom. The van der Waals surface area contributed by atoms with E-state index < -0.39 is 5.82 Å². The van der Waals surface area contributed by atoms with Crippen LogP contribution in [0.25, 0.3) is 15.9 Å². The number of amides is 1. The molecule has 2 aromatic carbocycles. The highest BCUT2D eigenvalue weighted by Gasteiger charge is 2.16. The molecule has 4 aromatic rings. The maximum absolute atomic E-state index is 13.2. The van der Waals surface area contributed by atoms with Crippen molar-refractivity contribution in [3.63, 3.8) is 0 Å². The third-order valence-electron chi connectivity index (χ3n) is 4.07. The first-order chi connectivity index (χ1) is 14.4. The number of nitrogens with one attached hydrogen (secondary N) is 1. The average Bonchev–Trinajstić information content (AvgIpc) is 3.19. The van der Waals surface area contributed by atoms with Gasteiger partial charge >= 0.3 is 0 Å². The second kappa shape index (κ2) is 8.77. The summed E-state index contributed by atoms with van der Waals surface area (Å²) in [6, 6.07) is 12.3. The number of thioether (sulfide) groups is 1. The highest BCUT2D eigenvalue weighted by atomic mass is 35.5. The Morgan fingerprint density at radius 1 is 1.17 bits per heavy atom. The van der Waals surface area contributed by atoms with E-state index in [9.17, 15) is 14.0 Å². The molecule has 10 heteroatoms. The van der Waals surface area contributed by atoms with E-state index in [1.807, 2.05) is 0 Å². The van der Waals surface area contributed by atoms with Crippen molar-refractivity contribution in [2.24, 2.45) is 0 Å². The van der Waals surface area contributed by atoms with Crippen LogP contribution >= 0.6 is 46.3 Å². The van der Waals surface area contributed by atoms with Crippen LogP contribution in [0.3, 0.4) is 0 Å². The minimum absolute atomic E-state index is 0.0244. The number of aromatic nitrogens is 2. The van der Waals surface area contributed by atoms with Gasteiger partial charge in [-0.1, -0.05) is 35.0 Å². The normalized spacial score (nSPS) is 11.0. The predicted octanol–water partition coefficient (Wildman–Crippen LogP) is 5.62. The summed E-state index contributed by atoms with van der Waals surface area (Å²) in [6.07, 6.45) is 0. The molecule has 0 atom stereocenters. The summed E-state index contributed by atoms with van der Waals surface area (Å²) in [6.45, 7) is 0. The zero-order valence-electron chi connectivity index (χ0n) is 15.1. The van der Waals surface area contributed by atoms with Gasteiger partial charge in [0, 0.05) is 5.02 Å². The highest BCUT2D eigenvalue weighted by Crippen LogP contribution is 2.26. The van der Waals surface area contributed by atoms with Crippen molar-refractivity contribution in [3.8, 4) is 5.69 Å². The van der Waals surface area contributed by atoms with E-state index >= 15 is 0 Å². The first-order valence-electron chi connectivity index (χ1n) is 8.56. The second-order valence-corrected chi connectivity index (χ2v) is 8.81. The van der Waals surface area contributed by atoms with Crippen LogP contribution in [0, 0.1) is 5.82 Å². The molecule has 0 bridgehead atoms. The fourth-order valence-electron chi connectivity index (χ4n) is 2.71. The smallest absolute Gasteiger partial charge is 0.276 e. The van der Waals surface area contributed by atoms with Crippen molar-refractivity contribution in [2.45, 2.75) is 5.16 Å². The van der Waals surface area contributed by atoms with Gasteiger partial charge in [-0.25, -0.2) is 9.37 Å². The Balaban J connectivity index is 1.63. The van der Waals surface area contributed by atoms with Gasteiger partial charge in [-0.3, -0.25) is 14.2 Å². The molecular formula is C20H12Cl2FN3O2S2. The van der Waals surface area contributed by atoms with E-state index in [0.29, 0.717) is 31.8 Å². The molecule has 30 heavy (non-hydrogen) atoms. The van der Waals surface area contributed by atoms with E-state index in [-0.39, 0.29) is 22.2 Å². The van der Waals surface area contributed by atoms with Gasteiger partial charge in [-0.05, 0) is 53.9 Å². The Hall–Kier alpha value is -2.39. The molecule has 0 fully saturated rings. The van der Waals surface area contributed by atoms with E-state index in [1.54, 1.807) is 35.7 Å². The van der Waals surface area contributed by atoms with Crippen molar-refractivity contribution in [2.75, 3.05) is 11.1 Å². The quantitative estimate of drug-likeness (QED) is 0.297. The maximum atomic E-state index is 13.2. The molecule has 5 nitrogen and oxygen atoms in total. The third kappa shape index (κ3) is 4.37. The first kappa shape index (κ1) is 20.9. The standard InChI is InChI=1S/C20H12Cl2FN3O2S2/c21-11-1-4-13(5-2-11)26-19(28)18-16(7-8-29-18)25-20(26)30-10-17(27)24-15-6-3-12(23)9-14(15)22/h1-9H,10H2,(H,24,27). The van der Waals surface area contributed by atoms with Gasteiger partial charge in [-0.2, -0.15) is 0 Å². The van der Waals surface area contributed by atoms with Crippen LogP contribution in [0.15, 0.2) is 63.9 Å². The molecule has 0 saturated carbocycles. The zero-order valence-corrected chi connectivity index (χ0v) is 18.2. The Kier molecular flexibility index (Phi) is 6.10. The lowest BCUT2D eigenvalue weighted by Gasteiger charge is -2.12. The number of benzene rings is 2. The van der Waals surface area contributed by atoms with Gasteiger partial charge in [-0.15, -0.1) is 11.3 Å². The number of carbonyl (C=O) groups is 1. The van der Waals surface area contributed by atoms with Crippen LogP contribution in [0.1, 0.15) is 0 Å². The Bertz CT molecular complexity index is 1310. The SMILES string of the molecule is O=C(CSc1nc2ccsc2c(=O)n1-c1ccc(Cl)cc1)Nc1ccc(F)cc1Cl. The number of thiophene rings is 1. The molecule has 1 N–H and O–H groups in total. The van der Waals surface area contributed by atoms with E-state index in [4.69, 9.17) is 23.2 Å². The number of hydrogen-bond donors (Lipinski definition) is 1. The lowest BCUT2D eigenvalue weighted by molar-refractivity contribution is -0.113. The minimum Gasteiger partial charge on any atom is -0.324 e. The first-order valence-corrected chi connectivity index (χ1v) is 11.2. The van der Waals surface area contributed by atoms with Crippen molar-refractivity contribution < 1.29 is 9.18 Å². The van der Waals surface area contributed by atoms with Crippen LogP contribution in [0.2, 0.25) is 10.0 Å². The number of hydrogen-bond acceptors (Lipinski definition) is 5. The molecule has 1 amide bonds. The molecule has 0 aliphatic carbocycles. The highest BCUT2D eigenvalue weighted by molar-refractivity contribution is 7.99. The van der Waals surface area contributed by atoms with Crippen molar-refractivity contribution in [3.05, 3.63) is 80.1 Å². The van der Waals surface area contributed by atoms with Crippen molar-refractivity contribution >= 4 is 68.1 Å². The lowest BCUT2D eigenvalue weighted by atomic mass is 10.3. The number of fused-ring (bicyclic) bond motifs is 1. The summed E-state index contributed by atoms with van der Waals surface area (Å²) >= 11 is 14.3. The summed E-state index contributed by atoms with van der Waals surface area (Å²) in [7, 11) is 0. The number of anilines is 1. The molecule has 2 heterocycles. The fraction of sp³-hybridized carbons (Fsp3) is 0.0500. The van der Waals surface area contributed by atoms with Gasteiger partial charge in [0.25, 0.3) is 5.56 Å². The Labute approximate surface area is 188 Å². The number of carbonyl (C=O) groups excluding carboxylic acids is 1. The second-order valence-electron chi connectivity index (χ2n) is 6.11. The van der Waals surface area contributed by atoms with Crippen LogP contribution in [-0.2, 0) is 4.79 Å². The molecule has 0 aliphatic rings. The molecular weight excluding hydrogens is 468 g/mol. The maximum Gasteiger partial charge on any atom is 0.276 e. The summed E-state index contributed by atoms with van der Waals surface area (Å²) in [5.41, 5.74) is 1.25. The molecule has 152 valence electrons. The number of nitrogens with zero attached hydrogens (tertiary/aromatic N) is 2. The Morgan fingerprint density at radius 2 is 1.93 bits per heavy atom. The van der Waals surface area contributed by atoms with E-state index in [1.165, 1.54) is 28.0 Å². The molecule has 0 unspecified atom stereocenters. The minimum atomic E-state index is -0.493. The average molecular weight is 480 g/mol. The summed E-state index contributed by atoms with van der Waals surface area (Å²) in [5, 5.41) is 5.44. The van der Waals surface area contributed by atoms with Gasteiger partial charge in [0.05, 0.1) is 27.7 Å². The molecule has 4 rings (SSSR count). The van der Waals surface area contributed by atoms with Crippen molar-refractivity contribution in [1.29, 1.82) is 0 Å². The molecule has 2 aromatic heterocycles. The lowest BCUT2D eigenvalue weighted by Crippen LogP contribution is -2.22. The fourth-order valence-corrected chi connectivity index (χ4v) is 4.63.